The summed E-state index contributed by atoms with van der Waals surface area (Å²) in [7, 11) is 0. The number of likely N-dealkylation sites (tertiary alicyclic amines) is 1. The van der Waals surface area contributed by atoms with Gasteiger partial charge in [-0.05, 0) is 59.4 Å². The Kier molecular flexibility index (Phi) is 6.78. The predicted octanol–water partition coefficient (Wildman–Crippen LogP) is 3.43. The van der Waals surface area contributed by atoms with Crippen molar-refractivity contribution in [3.63, 3.8) is 0 Å². The van der Waals surface area contributed by atoms with Gasteiger partial charge in [0.15, 0.2) is 0 Å². The van der Waals surface area contributed by atoms with Gasteiger partial charge in [-0.15, -0.1) is 0 Å². The van der Waals surface area contributed by atoms with Crippen LogP contribution in [0.2, 0.25) is 5.02 Å². The molecule has 1 saturated heterocycles. The van der Waals surface area contributed by atoms with Crippen molar-refractivity contribution in [3.8, 4) is 0 Å². The van der Waals surface area contributed by atoms with Crippen molar-refractivity contribution in [1.29, 1.82) is 0 Å². The molecule has 0 radical (unpaired) electrons. The van der Waals surface area contributed by atoms with E-state index in [-0.39, 0.29) is 0 Å². The molecule has 1 fully saturated rings. The van der Waals surface area contributed by atoms with Crippen molar-refractivity contribution < 1.29 is 4.74 Å². The first-order valence-corrected chi connectivity index (χ1v) is 8.34. The molecule has 0 aliphatic carbocycles. The molecule has 1 aliphatic heterocycles. The second kappa shape index (κ2) is 8.35. The third-order valence-electron chi connectivity index (χ3n) is 3.63. The summed E-state index contributed by atoms with van der Waals surface area (Å²) in [6, 6.07) is 6.15. The minimum Gasteiger partial charge on any atom is -0.378 e. The summed E-state index contributed by atoms with van der Waals surface area (Å²) in [4.78, 5) is 2.47. The van der Waals surface area contributed by atoms with Crippen LogP contribution in [0.5, 0.6) is 0 Å². The zero-order valence-corrected chi connectivity index (χ0v) is 14.0. The van der Waals surface area contributed by atoms with Crippen LogP contribution in [0, 0.1) is 0 Å². The molecule has 0 atom stereocenters. The Labute approximate surface area is 134 Å². The second-order valence-electron chi connectivity index (χ2n) is 5.24. The van der Waals surface area contributed by atoms with Crippen LogP contribution >= 0.6 is 27.5 Å². The van der Waals surface area contributed by atoms with E-state index in [1.165, 1.54) is 5.56 Å². The number of nitrogens with two attached hydrogens (primary N) is 1. The molecule has 1 aliphatic rings. The predicted molar refractivity (Wildman–Crippen MR) is 87.1 cm³/mol. The van der Waals surface area contributed by atoms with Gasteiger partial charge in [0.2, 0.25) is 0 Å². The Hall–Kier alpha value is -0.130. The average Bonchev–Trinajstić information content (AvgIpc) is 2.45. The van der Waals surface area contributed by atoms with Crippen LogP contribution in [-0.2, 0) is 11.3 Å². The molecular formula is C15H22BrClN2O. The molecule has 0 saturated carbocycles. The lowest BCUT2D eigenvalue weighted by molar-refractivity contribution is 0.00563. The van der Waals surface area contributed by atoms with E-state index in [2.05, 4.69) is 33.0 Å². The Bertz CT molecular complexity index is 422. The van der Waals surface area contributed by atoms with Crippen LogP contribution < -0.4 is 5.73 Å². The monoisotopic (exact) mass is 360 g/mol. The quantitative estimate of drug-likeness (QED) is 0.789. The van der Waals surface area contributed by atoms with Gasteiger partial charge >= 0.3 is 0 Å². The smallest absolute Gasteiger partial charge is 0.0599 e. The number of piperidine rings is 1. The molecule has 2 rings (SSSR count). The Morgan fingerprint density at radius 2 is 2.10 bits per heavy atom. The SMILES string of the molecule is NCCCOC1CCN(Cc2ccc(Cl)c(Br)c2)CC1. The van der Waals surface area contributed by atoms with Crippen molar-refractivity contribution in [1.82, 2.24) is 4.90 Å². The molecule has 0 amide bonds. The standard InChI is InChI=1S/C15H22BrClN2O/c16-14-10-12(2-3-15(14)17)11-19-7-4-13(5-8-19)20-9-1-6-18/h2-3,10,13H,1,4-9,11,18H2. The van der Waals surface area contributed by atoms with Crippen LogP contribution in [0.3, 0.4) is 0 Å². The first kappa shape index (κ1) is 16.2. The highest BCUT2D eigenvalue weighted by molar-refractivity contribution is 9.10. The fourth-order valence-electron chi connectivity index (χ4n) is 2.46. The largest absolute Gasteiger partial charge is 0.378 e. The van der Waals surface area contributed by atoms with Crippen LogP contribution in [-0.4, -0.2) is 37.2 Å². The molecular weight excluding hydrogens is 340 g/mol. The van der Waals surface area contributed by atoms with Crippen molar-refractivity contribution in [3.05, 3.63) is 33.3 Å². The Balaban J connectivity index is 1.75. The fraction of sp³-hybridized carbons (Fsp3) is 0.600. The van der Waals surface area contributed by atoms with Crippen molar-refractivity contribution in [2.45, 2.75) is 31.9 Å². The van der Waals surface area contributed by atoms with Gasteiger partial charge in [-0.3, -0.25) is 4.90 Å². The third kappa shape index (κ3) is 5.01. The first-order valence-electron chi connectivity index (χ1n) is 7.17. The first-order chi connectivity index (χ1) is 9.69. The second-order valence-corrected chi connectivity index (χ2v) is 6.50. The van der Waals surface area contributed by atoms with E-state index in [4.69, 9.17) is 22.1 Å². The maximum absolute atomic E-state index is 6.02. The molecule has 0 unspecified atom stereocenters. The molecule has 2 N–H and O–H groups in total. The highest BCUT2D eigenvalue weighted by Gasteiger charge is 2.19. The number of nitrogens with zero attached hydrogens (tertiary/aromatic N) is 1. The zero-order chi connectivity index (χ0) is 14.4. The van der Waals surface area contributed by atoms with E-state index in [1.807, 2.05) is 6.07 Å². The fourth-order valence-corrected chi connectivity index (χ4v) is 3.01. The van der Waals surface area contributed by atoms with E-state index in [0.717, 1.165) is 55.0 Å². The molecule has 0 bridgehead atoms. The summed E-state index contributed by atoms with van der Waals surface area (Å²) in [6.07, 6.45) is 3.59. The van der Waals surface area contributed by atoms with Gasteiger partial charge in [-0.25, -0.2) is 0 Å². The maximum Gasteiger partial charge on any atom is 0.0599 e. The summed E-state index contributed by atoms with van der Waals surface area (Å²) in [5.41, 5.74) is 6.77. The summed E-state index contributed by atoms with van der Waals surface area (Å²) in [6.45, 7) is 4.67. The topological polar surface area (TPSA) is 38.5 Å². The molecule has 1 heterocycles. The van der Waals surface area contributed by atoms with Gasteiger partial charge in [0.1, 0.15) is 0 Å². The number of rotatable bonds is 6. The molecule has 0 aromatic heterocycles. The lowest BCUT2D eigenvalue weighted by atomic mass is 10.1. The average molecular weight is 362 g/mol. The van der Waals surface area contributed by atoms with E-state index in [0.29, 0.717) is 12.6 Å². The number of hydrogen-bond acceptors (Lipinski definition) is 3. The molecule has 5 heteroatoms. The molecule has 20 heavy (non-hydrogen) atoms. The molecule has 0 spiro atoms. The lowest BCUT2D eigenvalue weighted by Gasteiger charge is -2.32. The number of benzene rings is 1. The van der Waals surface area contributed by atoms with Crippen LogP contribution in [0.1, 0.15) is 24.8 Å². The third-order valence-corrected chi connectivity index (χ3v) is 4.84. The Morgan fingerprint density at radius 3 is 2.75 bits per heavy atom. The summed E-state index contributed by atoms with van der Waals surface area (Å²) in [5.74, 6) is 0. The number of ether oxygens (including phenoxy) is 1. The van der Waals surface area contributed by atoms with E-state index >= 15 is 0 Å². The van der Waals surface area contributed by atoms with Crippen molar-refractivity contribution in [2.75, 3.05) is 26.2 Å². The van der Waals surface area contributed by atoms with Crippen LogP contribution in [0.25, 0.3) is 0 Å². The van der Waals surface area contributed by atoms with Gasteiger partial charge in [0.05, 0.1) is 11.1 Å². The molecule has 112 valence electrons. The lowest BCUT2D eigenvalue weighted by Crippen LogP contribution is -2.36. The van der Waals surface area contributed by atoms with E-state index < -0.39 is 0 Å². The number of hydrogen-bond donors (Lipinski definition) is 1. The molecule has 3 nitrogen and oxygen atoms in total. The maximum atomic E-state index is 6.02. The summed E-state index contributed by atoms with van der Waals surface area (Å²) >= 11 is 9.49. The number of halogens is 2. The summed E-state index contributed by atoms with van der Waals surface area (Å²) in [5, 5.41) is 0.765. The highest BCUT2D eigenvalue weighted by Crippen LogP contribution is 2.24. The minimum atomic E-state index is 0.412. The molecule has 1 aromatic carbocycles. The zero-order valence-electron chi connectivity index (χ0n) is 11.7. The Morgan fingerprint density at radius 1 is 1.35 bits per heavy atom. The molecule has 1 aromatic rings. The van der Waals surface area contributed by atoms with E-state index in [1.54, 1.807) is 0 Å². The van der Waals surface area contributed by atoms with Gasteiger partial charge < -0.3 is 10.5 Å². The minimum absolute atomic E-state index is 0.412. The van der Waals surface area contributed by atoms with Crippen molar-refractivity contribution in [2.24, 2.45) is 5.73 Å². The highest BCUT2D eigenvalue weighted by atomic mass is 79.9. The van der Waals surface area contributed by atoms with Gasteiger partial charge in [-0.1, -0.05) is 17.7 Å². The van der Waals surface area contributed by atoms with Crippen LogP contribution in [0.15, 0.2) is 22.7 Å². The van der Waals surface area contributed by atoms with Gasteiger partial charge in [-0.2, -0.15) is 0 Å². The summed E-state index contributed by atoms with van der Waals surface area (Å²) < 4.78 is 6.79. The van der Waals surface area contributed by atoms with Gasteiger partial charge in [0, 0.05) is 30.7 Å². The van der Waals surface area contributed by atoms with Crippen molar-refractivity contribution >= 4 is 27.5 Å². The van der Waals surface area contributed by atoms with Crippen LogP contribution in [0.4, 0.5) is 0 Å². The van der Waals surface area contributed by atoms with E-state index in [9.17, 15) is 0 Å². The van der Waals surface area contributed by atoms with Gasteiger partial charge in [0.25, 0.3) is 0 Å². The normalized spacial score (nSPS) is 17.6.